The lowest BCUT2D eigenvalue weighted by Crippen LogP contribution is -2.46. The highest BCUT2D eigenvalue weighted by Crippen LogP contribution is 2.47. The number of anilines is 1. The minimum Gasteiger partial charge on any atom is -0.443 e. The van der Waals surface area contributed by atoms with Crippen molar-refractivity contribution in [2.45, 2.75) is 58.5 Å². The molecule has 0 atom stereocenters. The molecule has 27 heavy (non-hydrogen) atoms. The molecule has 4 nitrogen and oxygen atoms in total. The number of rotatable bonds is 2. The average Bonchev–Trinajstić information content (AvgIpc) is 2.92. The van der Waals surface area contributed by atoms with Crippen LogP contribution in [0.15, 0.2) is 30.9 Å². The first-order valence-corrected chi connectivity index (χ1v) is 9.88. The van der Waals surface area contributed by atoms with Crippen molar-refractivity contribution in [3.05, 3.63) is 42.2 Å². The summed E-state index contributed by atoms with van der Waals surface area (Å²) in [6.45, 7) is 16.6. The predicted octanol–water partition coefficient (Wildman–Crippen LogP) is 5.13. The molecule has 1 spiro atoms. The van der Waals surface area contributed by atoms with Crippen LogP contribution in [0.1, 0.15) is 53.0 Å². The number of hydrogen-bond acceptors (Lipinski definition) is 3. The van der Waals surface area contributed by atoms with Crippen LogP contribution in [0.2, 0.25) is 0 Å². The van der Waals surface area contributed by atoms with Crippen LogP contribution >= 0.6 is 0 Å². The maximum atomic E-state index is 13.9. The quantitative estimate of drug-likeness (QED) is 0.671. The SMILES string of the molecule is C=CCN1CCC2(CC1)CN(C(=O)OC(C)(C)C)c1ccc(F)cc12.CC. The number of piperidine rings is 1. The number of amides is 1. The van der Waals surface area contributed by atoms with Gasteiger partial charge in [-0.1, -0.05) is 19.9 Å². The van der Waals surface area contributed by atoms with Gasteiger partial charge in [0.2, 0.25) is 0 Å². The normalized spacial score (nSPS) is 18.5. The molecule has 2 heterocycles. The fraction of sp³-hybridized carbons (Fsp3) is 0.591. The molecule has 150 valence electrons. The third-order valence-electron chi connectivity index (χ3n) is 5.10. The molecule has 1 fully saturated rings. The Morgan fingerprint density at radius 1 is 1.30 bits per heavy atom. The van der Waals surface area contributed by atoms with Gasteiger partial charge in [0.1, 0.15) is 11.4 Å². The van der Waals surface area contributed by atoms with E-state index in [0.717, 1.165) is 43.7 Å². The van der Waals surface area contributed by atoms with Crippen molar-refractivity contribution >= 4 is 11.8 Å². The van der Waals surface area contributed by atoms with Crippen LogP contribution < -0.4 is 4.90 Å². The molecule has 1 saturated heterocycles. The molecular formula is C22H33FN2O2. The number of nitrogens with zero attached hydrogens (tertiary/aromatic N) is 2. The van der Waals surface area contributed by atoms with Gasteiger partial charge in [0.05, 0.1) is 5.69 Å². The van der Waals surface area contributed by atoms with E-state index in [0.29, 0.717) is 6.54 Å². The largest absolute Gasteiger partial charge is 0.443 e. The smallest absolute Gasteiger partial charge is 0.414 e. The van der Waals surface area contributed by atoms with Gasteiger partial charge in [-0.15, -0.1) is 6.58 Å². The van der Waals surface area contributed by atoms with Gasteiger partial charge in [0.15, 0.2) is 0 Å². The van der Waals surface area contributed by atoms with Crippen molar-refractivity contribution < 1.29 is 13.9 Å². The molecule has 1 aromatic carbocycles. The van der Waals surface area contributed by atoms with Crippen molar-refractivity contribution in [3.63, 3.8) is 0 Å². The van der Waals surface area contributed by atoms with Gasteiger partial charge in [-0.25, -0.2) is 9.18 Å². The van der Waals surface area contributed by atoms with Crippen molar-refractivity contribution in [2.75, 3.05) is 31.1 Å². The summed E-state index contributed by atoms with van der Waals surface area (Å²) >= 11 is 0. The van der Waals surface area contributed by atoms with Crippen molar-refractivity contribution in [1.82, 2.24) is 4.90 Å². The van der Waals surface area contributed by atoms with Crippen molar-refractivity contribution in [2.24, 2.45) is 0 Å². The van der Waals surface area contributed by atoms with E-state index in [1.165, 1.54) is 6.07 Å². The summed E-state index contributed by atoms with van der Waals surface area (Å²) in [5.74, 6) is -0.252. The van der Waals surface area contributed by atoms with Gasteiger partial charge in [-0.05, 0) is 70.5 Å². The summed E-state index contributed by atoms with van der Waals surface area (Å²) in [7, 11) is 0. The topological polar surface area (TPSA) is 32.8 Å². The van der Waals surface area contributed by atoms with E-state index in [1.54, 1.807) is 17.0 Å². The second-order valence-corrected chi connectivity index (χ2v) is 8.10. The first-order valence-electron chi connectivity index (χ1n) is 9.88. The van der Waals surface area contributed by atoms with E-state index in [-0.39, 0.29) is 17.3 Å². The van der Waals surface area contributed by atoms with Crippen LogP contribution in [0.4, 0.5) is 14.9 Å². The van der Waals surface area contributed by atoms with Gasteiger partial charge >= 0.3 is 6.09 Å². The lowest BCUT2D eigenvalue weighted by atomic mass is 9.74. The molecule has 1 aromatic rings. The van der Waals surface area contributed by atoms with Gasteiger partial charge < -0.3 is 4.74 Å². The molecule has 0 N–H and O–H groups in total. The number of ether oxygens (including phenoxy) is 1. The van der Waals surface area contributed by atoms with Gasteiger partial charge in [-0.3, -0.25) is 9.80 Å². The summed E-state index contributed by atoms with van der Waals surface area (Å²) in [5.41, 5.74) is 0.983. The predicted molar refractivity (Wildman–Crippen MR) is 109 cm³/mol. The molecule has 1 amide bonds. The molecule has 0 saturated carbocycles. The van der Waals surface area contributed by atoms with E-state index in [9.17, 15) is 9.18 Å². The molecule has 0 bridgehead atoms. The highest BCUT2D eigenvalue weighted by molar-refractivity contribution is 5.91. The maximum Gasteiger partial charge on any atom is 0.414 e. The Bertz CT molecular complexity index is 673. The summed E-state index contributed by atoms with van der Waals surface area (Å²) in [5, 5.41) is 0. The molecule has 5 heteroatoms. The van der Waals surface area contributed by atoms with Crippen LogP contribution in [0, 0.1) is 5.82 Å². The van der Waals surface area contributed by atoms with E-state index in [4.69, 9.17) is 4.74 Å². The van der Waals surface area contributed by atoms with E-state index >= 15 is 0 Å². The first kappa shape index (κ1) is 21.4. The van der Waals surface area contributed by atoms with Crippen LogP contribution in [-0.2, 0) is 10.2 Å². The van der Waals surface area contributed by atoms with Gasteiger partial charge in [-0.2, -0.15) is 0 Å². The Balaban J connectivity index is 0.00000126. The second-order valence-electron chi connectivity index (χ2n) is 8.10. The molecule has 0 unspecified atom stereocenters. The third-order valence-corrected chi connectivity index (χ3v) is 5.10. The zero-order chi connectivity index (χ0) is 20.2. The van der Waals surface area contributed by atoms with Gasteiger partial charge in [0, 0.05) is 18.5 Å². The molecule has 0 aliphatic carbocycles. The third kappa shape index (κ3) is 4.70. The summed E-state index contributed by atoms with van der Waals surface area (Å²) < 4.78 is 19.5. The number of likely N-dealkylation sites (tertiary alicyclic amines) is 1. The van der Waals surface area contributed by atoms with Crippen LogP contribution in [0.25, 0.3) is 0 Å². The minimum absolute atomic E-state index is 0.188. The molecular weight excluding hydrogens is 343 g/mol. The Hall–Kier alpha value is -1.88. The monoisotopic (exact) mass is 376 g/mol. The van der Waals surface area contributed by atoms with E-state index in [2.05, 4.69) is 11.5 Å². The van der Waals surface area contributed by atoms with Crippen LogP contribution in [0.5, 0.6) is 0 Å². The van der Waals surface area contributed by atoms with Gasteiger partial charge in [0.25, 0.3) is 0 Å². The maximum absolute atomic E-state index is 13.9. The Morgan fingerprint density at radius 3 is 2.48 bits per heavy atom. The number of carbonyl (C=O) groups is 1. The Kier molecular flexibility index (Phi) is 6.68. The lowest BCUT2D eigenvalue weighted by Gasteiger charge is -2.39. The summed E-state index contributed by atoms with van der Waals surface area (Å²) in [6, 6.07) is 4.73. The molecule has 2 aliphatic heterocycles. The zero-order valence-electron chi connectivity index (χ0n) is 17.3. The zero-order valence-corrected chi connectivity index (χ0v) is 17.3. The van der Waals surface area contributed by atoms with E-state index < -0.39 is 5.60 Å². The van der Waals surface area contributed by atoms with Crippen LogP contribution in [0.3, 0.4) is 0 Å². The molecule has 2 aliphatic rings. The summed E-state index contributed by atoms with van der Waals surface area (Å²) in [4.78, 5) is 16.7. The molecule has 0 aromatic heterocycles. The number of carbonyl (C=O) groups excluding carboxylic acids is 1. The minimum atomic E-state index is -0.555. The highest BCUT2D eigenvalue weighted by atomic mass is 19.1. The summed E-state index contributed by atoms with van der Waals surface area (Å²) in [6.07, 6.45) is 3.35. The van der Waals surface area contributed by atoms with Crippen LogP contribution in [-0.4, -0.2) is 42.8 Å². The van der Waals surface area contributed by atoms with Crippen molar-refractivity contribution in [1.29, 1.82) is 0 Å². The molecule has 3 rings (SSSR count). The fourth-order valence-electron chi connectivity index (χ4n) is 3.90. The molecule has 0 radical (unpaired) electrons. The van der Waals surface area contributed by atoms with E-state index in [1.807, 2.05) is 40.7 Å². The number of fused-ring (bicyclic) bond motifs is 2. The number of hydrogen-bond donors (Lipinski definition) is 0. The number of halogens is 1. The Labute approximate surface area is 163 Å². The lowest BCUT2D eigenvalue weighted by molar-refractivity contribution is 0.0572. The average molecular weight is 377 g/mol. The first-order chi connectivity index (χ1) is 12.7. The second kappa shape index (κ2) is 8.42. The Morgan fingerprint density at radius 2 is 1.93 bits per heavy atom. The van der Waals surface area contributed by atoms with Crippen molar-refractivity contribution in [3.8, 4) is 0 Å². The highest BCUT2D eigenvalue weighted by Gasteiger charge is 2.47. The fourth-order valence-corrected chi connectivity index (χ4v) is 3.90. The standard InChI is InChI=1S/C20H27FN2O2.C2H6/c1-5-10-22-11-8-20(9-12-22)14-23(18(24)25-19(2,3)4)17-7-6-15(21)13-16(17)20;1-2/h5-7,13H,1,8-12,14H2,2-4H3;1-2H3. The number of benzene rings is 1.